The Morgan fingerprint density at radius 1 is 1.22 bits per heavy atom. The Kier molecular flexibility index (Phi) is 7.55. The zero-order chi connectivity index (χ0) is 22.9. The van der Waals surface area contributed by atoms with E-state index in [9.17, 15) is 14.9 Å². The lowest BCUT2D eigenvalue weighted by Gasteiger charge is -2.07. The van der Waals surface area contributed by atoms with E-state index in [0.29, 0.717) is 17.9 Å². The molecule has 0 spiro atoms. The number of carbonyl (C=O) groups excluding carboxylic acids is 1. The zero-order valence-electron chi connectivity index (χ0n) is 16.6. The normalized spacial score (nSPS) is 11.0. The number of nitrogens with one attached hydrogen (secondary N) is 1. The highest BCUT2D eigenvalue weighted by molar-refractivity contribution is 6.32. The predicted octanol–water partition coefficient (Wildman–Crippen LogP) is 3.50. The summed E-state index contributed by atoms with van der Waals surface area (Å²) < 4.78 is 5.67. The maximum Gasteiger partial charge on any atom is 0.289 e. The van der Waals surface area contributed by atoms with E-state index < -0.39 is 17.4 Å². The van der Waals surface area contributed by atoms with E-state index in [1.54, 1.807) is 36.7 Å². The quantitative estimate of drug-likeness (QED) is 0.217. The second kappa shape index (κ2) is 10.7. The van der Waals surface area contributed by atoms with Crippen molar-refractivity contribution in [1.29, 1.82) is 0 Å². The molecule has 0 saturated carbocycles. The summed E-state index contributed by atoms with van der Waals surface area (Å²) in [6.45, 7) is -0.0603. The molecule has 11 heteroatoms. The third kappa shape index (κ3) is 6.41. The van der Waals surface area contributed by atoms with E-state index in [-0.39, 0.29) is 22.2 Å². The van der Waals surface area contributed by atoms with Gasteiger partial charge in [0.05, 0.1) is 4.92 Å². The van der Waals surface area contributed by atoms with Gasteiger partial charge in [-0.2, -0.15) is 0 Å². The fourth-order valence-electron chi connectivity index (χ4n) is 2.51. The van der Waals surface area contributed by atoms with Crippen LogP contribution in [0.25, 0.3) is 0 Å². The molecule has 0 aliphatic rings. The van der Waals surface area contributed by atoms with Gasteiger partial charge in [-0.15, -0.1) is 0 Å². The second-order valence-corrected chi connectivity index (χ2v) is 6.80. The summed E-state index contributed by atoms with van der Waals surface area (Å²) >= 11 is 5.74. The number of anilines is 1. The number of nitro benzene ring substituents is 1. The average molecular weight is 456 g/mol. The van der Waals surface area contributed by atoms with Crippen LogP contribution in [0.4, 0.5) is 11.4 Å². The molecule has 0 fully saturated rings. The summed E-state index contributed by atoms with van der Waals surface area (Å²) in [5.74, 6) is 0.138. The molecule has 3 N–H and O–H groups in total. The van der Waals surface area contributed by atoms with E-state index in [0.717, 1.165) is 11.6 Å². The number of amidine groups is 1. The standard InChI is InChI=1S/C21H18ClN5O5/c22-18-8-5-16(10-19(18)27(29)30)25-20(28)13-32-26-21(23)15-3-6-17(7-4-15)31-12-14-2-1-9-24-11-14/h1-11H,12-13H2,(H2,23,26)(H,25,28). The number of rotatable bonds is 9. The van der Waals surface area contributed by atoms with Crippen LogP contribution in [0.2, 0.25) is 5.02 Å². The molecule has 0 unspecified atom stereocenters. The molecular weight excluding hydrogens is 438 g/mol. The highest BCUT2D eigenvalue weighted by Gasteiger charge is 2.14. The van der Waals surface area contributed by atoms with Crippen LogP contribution in [0.3, 0.4) is 0 Å². The zero-order valence-corrected chi connectivity index (χ0v) is 17.4. The van der Waals surface area contributed by atoms with Crippen molar-refractivity contribution in [3.63, 3.8) is 0 Å². The number of hydrogen-bond donors (Lipinski definition) is 2. The van der Waals surface area contributed by atoms with Crippen LogP contribution in [0.15, 0.2) is 72.1 Å². The first-order chi connectivity index (χ1) is 15.4. The molecule has 1 amide bonds. The number of nitro groups is 1. The number of nitrogens with zero attached hydrogens (tertiary/aromatic N) is 3. The van der Waals surface area contributed by atoms with E-state index in [4.69, 9.17) is 26.9 Å². The minimum absolute atomic E-state index is 0.0323. The molecule has 1 aromatic heterocycles. The molecule has 10 nitrogen and oxygen atoms in total. The monoisotopic (exact) mass is 455 g/mol. The molecule has 0 bridgehead atoms. The van der Waals surface area contributed by atoms with Gasteiger partial charge in [-0.25, -0.2) is 0 Å². The largest absolute Gasteiger partial charge is 0.489 e. The van der Waals surface area contributed by atoms with Gasteiger partial charge in [0.2, 0.25) is 0 Å². The lowest BCUT2D eigenvalue weighted by atomic mass is 10.2. The first kappa shape index (κ1) is 22.5. The maximum absolute atomic E-state index is 12.0. The van der Waals surface area contributed by atoms with Crippen molar-refractivity contribution >= 4 is 34.7 Å². The summed E-state index contributed by atoms with van der Waals surface area (Å²) in [4.78, 5) is 31.2. The van der Waals surface area contributed by atoms with Gasteiger partial charge in [-0.1, -0.05) is 22.8 Å². The van der Waals surface area contributed by atoms with E-state index in [1.165, 1.54) is 12.1 Å². The van der Waals surface area contributed by atoms with Crippen LogP contribution in [0.5, 0.6) is 5.75 Å². The second-order valence-electron chi connectivity index (χ2n) is 6.40. The first-order valence-electron chi connectivity index (χ1n) is 9.24. The number of pyridine rings is 1. The van der Waals surface area contributed by atoms with Crippen LogP contribution in [-0.2, 0) is 16.2 Å². The molecule has 32 heavy (non-hydrogen) atoms. The minimum atomic E-state index is -0.644. The van der Waals surface area contributed by atoms with Crippen LogP contribution in [0, 0.1) is 10.1 Å². The molecule has 3 aromatic rings. The molecule has 164 valence electrons. The number of nitrogens with two attached hydrogens (primary N) is 1. The molecule has 3 rings (SSSR count). The summed E-state index contributed by atoms with van der Waals surface area (Å²) in [6.07, 6.45) is 3.41. The van der Waals surface area contributed by atoms with Crippen LogP contribution < -0.4 is 15.8 Å². The first-order valence-corrected chi connectivity index (χ1v) is 9.61. The van der Waals surface area contributed by atoms with E-state index in [1.807, 2.05) is 12.1 Å². The van der Waals surface area contributed by atoms with Gasteiger partial charge in [0.15, 0.2) is 12.4 Å². The van der Waals surface area contributed by atoms with Gasteiger partial charge in [-0.05, 0) is 42.5 Å². The van der Waals surface area contributed by atoms with Crippen molar-refractivity contribution in [3.05, 3.63) is 93.3 Å². The van der Waals surface area contributed by atoms with Gasteiger partial charge < -0.3 is 20.6 Å². The number of halogens is 1. The Labute approximate surface area is 187 Å². The highest BCUT2D eigenvalue weighted by Crippen LogP contribution is 2.27. The van der Waals surface area contributed by atoms with E-state index >= 15 is 0 Å². The summed E-state index contributed by atoms with van der Waals surface area (Å²) in [7, 11) is 0. The highest BCUT2D eigenvalue weighted by atomic mass is 35.5. The Morgan fingerprint density at radius 3 is 2.69 bits per heavy atom. The van der Waals surface area contributed by atoms with Crippen molar-refractivity contribution in [3.8, 4) is 5.75 Å². The summed E-state index contributed by atoms with van der Waals surface area (Å²) in [6, 6.07) is 14.5. The number of benzene rings is 2. The Hall–Kier alpha value is -4.18. The lowest BCUT2D eigenvalue weighted by Crippen LogP contribution is -2.19. The van der Waals surface area contributed by atoms with Gasteiger partial charge in [0.25, 0.3) is 11.6 Å². The fraction of sp³-hybridized carbons (Fsp3) is 0.0952. The lowest BCUT2D eigenvalue weighted by molar-refractivity contribution is -0.384. The van der Waals surface area contributed by atoms with Crippen molar-refractivity contribution < 1.29 is 19.3 Å². The van der Waals surface area contributed by atoms with Crippen molar-refractivity contribution in [2.45, 2.75) is 6.61 Å². The van der Waals surface area contributed by atoms with Crippen molar-refractivity contribution in [1.82, 2.24) is 4.98 Å². The number of aromatic nitrogens is 1. The number of carbonyl (C=O) groups is 1. The number of amides is 1. The fourth-order valence-corrected chi connectivity index (χ4v) is 2.70. The molecule has 0 radical (unpaired) electrons. The molecule has 1 heterocycles. The van der Waals surface area contributed by atoms with Crippen LogP contribution in [-0.4, -0.2) is 28.3 Å². The number of hydrogen-bond acceptors (Lipinski definition) is 7. The van der Waals surface area contributed by atoms with Gasteiger partial charge >= 0.3 is 0 Å². The third-order valence-electron chi connectivity index (χ3n) is 4.06. The average Bonchev–Trinajstić information content (AvgIpc) is 2.79. The molecule has 0 atom stereocenters. The topological polar surface area (TPSA) is 142 Å². The van der Waals surface area contributed by atoms with Gasteiger partial charge in [-0.3, -0.25) is 19.9 Å². The molecule has 2 aromatic carbocycles. The number of ether oxygens (including phenoxy) is 1. The van der Waals surface area contributed by atoms with Gasteiger partial charge in [0, 0.05) is 35.3 Å². The SMILES string of the molecule is N/C(=N/OCC(=O)Nc1ccc(Cl)c([N+](=O)[O-])c1)c1ccc(OCc2cccnc2)cc1. The third-order valence-corrected chi connectivity index (χ3v) is 4.38. The summed E-state index contributed by atoms with van der Waals surface area (Å²) in [5, 5.41) is 17.0. The predicted molar refractivity (Wildman–Crippen MR) is 118 cm³/mol. The maximum atomic E-state index is 12.0. The van der Waals surface area contributed by atoms with Crippen molar-refractivity contribution in [2.24, 2.45) is 10.9 Å². The van der Waals surface area contributed by atoms with Gasteiger partial charge in [0.1, 0.15) is 17.4 Å². The van der Waals surface area contributed by atoms with Crippen LogP contribution >= 0.6 is 11.6 Å². The molecule has 0 aliphatic heterocycles. The molecular formula is C21H18ClN5O5. The number of oxime groups is 1. The Bertz CT molecular complexity index is 1120. The Balaban J connectivity index is 1.49. The minimum Gasteiger partial charge on any atom is -0.489 e. The Morgan fingerprint density at radius 2 is 2.00 bits per heavy atom. The van der Waals surface area contributed by atoms with Crippen molar-refractivity contribution in [2.75, 3.05) is 11.9 Å². The van der Waals surface area contributed by atoms with Crippen LogP contribution in [0.1, 0.15) is 11.1 Å². The smallest absolute Gasteiger partial charge is 0.289 e. The van der Waals surface area contributed by atoms with E-state index in [2.05, 4.69) is 15.5 Å². The summed E-state index contributed by atoms with van der Waals surface area (Å²) in [5.41, 5.74) is 7.28. The molecule has 0 saturated heterocycles. The molecule has 0 aliphatic carbocycles.